The van der Waals surface area contributed by atoms with Gasteiger partial charge in [0.15, 0.2) is 0 Å². The van der Waals surface area contributed by atoms with E-state index in [0.29, 0.717) is 18.3 Å². The van der Waals surface area contributed by atoms with Crippen LogP contribution in [0.4, 0.5) is 0 Å². The van der Waals surface area contributed by atoms with Gasteiger partial charge >= 0.3 is 0 Å². The third-order valence-electron chi connectivity index (χ3n) is 3.52. The molecule has 1 aliphatic rings. The van der Waals surface area contributed by atoms with Gasteiger partial charge in [0.2, 0.25) is 0 Å². The largest absolute Gasteiger partial charge is 0.330 e. The summed E-state index contributed by atoms with van der Waals surface area (Å²) in [6, 6.07) is 8.76. The number of carbonyl (C=O) groups is 1. The zero-order chi connectivity index (χ0) is 14.1. The molecule has 0 saturated heterocycles. The number of nitrogens with zero attached hydrogens (tertiary/aromatic N) is 2. The van der Waals surface area contributed by atoms with E-state index in [1.54, 1.807) is 0 Å². The Bertz CT molecular complexity index is 631. The number of rotatable bonds is 4. The van der Waals surface area contributed by atoms with Crippen molar-refractivity contribution in [3.05, 3.63) is 51.5 Å². The predicted octanol–water partition coefficient (Wildman–Crippen LogP) is 3.56. The number of amides is 1. The van der Waals surface area contributed by atoms with Gasteiger partial charge in [0.25, 0.3) is 5.91 Å². The van der Waals surface area contributed by atoms with Crippen molar-refractivity contribution in [2.24, 2.45) is 0 Å². The third kappa shape index (κ3) is 2.90. The summed E-state index contributed by atoms with van der Waals surface area (Å²) in [5, 5.41) is 2.81. The summed E-state index contributed by atoms with van der Waals surface area (Å²) in [4.78, 5) is 18.9. The fraction of sp³-hybridized carbons (Fsp3) is 0.375. The SMILES string of the molecule is Cc1cccc(CN(C(=O)c2csc(C)n2)C2CC2)c1. The van der Waals surface area contributed by atoms with Gasteiger partial charge in [-0.3, -0.25) is 4.79 Å². The second-order valence-electron chi connectivity index (χ2n) is 5.41. The van der Waals surface area contributed by atoms with Crippen molar-refractivity contribution in [1.82, 2.24) is 9.88 Å². The van der Waals surface area contributed by atoms with Crippen LogP contribution in [-0.2, 0) is 6.54 Å². The van der Waals surface area contributed by atoms with Crippen molar-refractivity contribution in [1.29, 1.82) is 0 Å². The van der Waals surface area contributed by atoms with Crippen LogP contribution in [0.1, 0.15) is 39.5 Å². The second kappa shape index (κ2) is 5.37. The van der Waals surface area contributed by atoms with Gasteiger partial charge in [0, 0.05) is 18.0 Å². The lowest BCUT2D eigenvalue weighted by molar-refractivity contribution is 0.0724. The minimum absolute atomic E-state index is 0.0679. The van der Waals surface area contributed by atoms with Gasteiger partial charge in [-0.15, -0.1) is 11.3 Å². The number of thiazole rings is 1. The van der Waals surface area contributed by atoms with Crippen LogP contribution >= 0.6 is 11.3 Å². The van der Waals surface area contributed by atoms with Crippen molar-refractivity contribution in [2.45, 2.75) is 39.3 Å². The number of hydrogen-bond acceptors (Lipinski definition) is 3. The number of carbonyl (C=O) groups excluding carboxylic acids is 1. The van der Waals surface area contributed by atoms with Crippen LogP contribution in [0.15, 0.2) is 29.6 Å². The van der Waals surface area contributed by atoms with Gasteiger partial charge in [-0.05, 0) is 32.3 Å². The van der Waals surface area contributed by atoms with Gasteiger partial charge in [-0.2, -0.15) is 0 Å². The molecule has 1 aliphatic carbocycles. The van der Waals surface area contributed by atoms with E-state index in [2.05, 4.69) is 30.1 Å². The summed E-state index contributed by atoms with van der Waals surface area (Å²) in [5.74, 6) is 0.0679. The average Bonchev–Trinajstić information content (AvgIpc) is 3.17. The lowest BCUT2D eigenvalue weighted by Crippen LogP contribution is -2.32. The Morgan fingerprint density at radius 3 is 2.80 bits per heavy atom. The van der Waals surface area contributed by atoms with E-state index in [1.807, 2.05) is 23.3 Å². The number of hydrogen-bond donors (Lipinski definition) is 0. The standard InChI is InChI=1S/C16H18N2OS/c1-11-4-3-5-13(8-11)9-18(14-6-7-14)16(19)15-10-20-12(2)17-15/h3-5,8,10,14H,6-7,9H2,1-2H3. The molecule has 0 N–H and O–H groups in total. The summed E-state index contributed by atoms with van der Waals surface area (Å²) >= 11 is 1.53. The van der Waals surface area contributed by atoms with Crippen molar-refractivity contribution in [3.8, 4) is 0 Å². The molecule has 2 aromatic rings. The lowest BCUT2D eigenvalue weighted by atomic mass is 10.1. The van der Waals surface area contributed by atoms with Crippen LogP contribution in [0.3, 0.4) is 0 Å². The Kier molecular flexibility index (Phi) is 3.57. The Hall–Kier alpha value is -1.68. The molecule has 1 aromatic heterocycles. The first-order chi connectivity index (χ1) is 9.63. The van der Waals surface area contributed by atoms with Gasteiger partial charge < -0.3 is 4.90 Å². The van der Waals surface area contributed by atoms with Crippen LogP contribution in [0.5, 0.6) is 0 Å². The molecule has 0 atom stereocenters. The van der Waals surface area contributed by atoms with Crippen LogP contribution in [0, 0.1) is 13.8 Å². The van der Waals surface area contributed by atoms with Crippen molar-refractivity contribution in [2.75, 3.05) is 0 Å². The van der Waals surface area contributed by atoms with Crippen LogP contribution in [0.25, 0.3) is 0 Å². The second-order valence-corrected chi connectivity index (χ2v) is 6.47. The molecule has 3 rings (SSSR count). The van der Waals surface area contributed by atoms with E-state index in [1.165, 1.54) is 22.5 Å². The molecular formula is C16H18N2OS. The maximum atomic E-state index is 12.6. The van der Waals surface area contributed by atoms with Gasteiger partial charge in [-0.1, -0.05) is 29.8 Å². The van der Waals surface area contributed by atoms with E-state index in [9.17, 15) is 4.79 Å². The average molecular weight is 286 g/mol. The van der Waals surface area contributed by atoms with Crippen LogP contribution in [-0.4, -0.2) is 21.8 Å². The van der Waals surface area contributed by atoms with E-state index >= 15 is 0 Å². The number of aromatic nitrogens is 1. The first-order valence-corrected chi connectivity index (χ1v) is 7.80. The van der Waals surface area contributed by atoms with Crippen molar-refractivity contribution in [3.63, 3.8) is 0 Å². The molecule has 20 heavy (non-hydrogen) atoms. The minimum atomic E-state index is 0.0679. The van der Waals surface area contributed by atoms with E-state index in [4.69, 9.17) is 0 Å². The zero-order valence-corrected chi connectivity index (χ0v) is 12.6. The first kappa shape index (κ1) is 13.3. The maximum absolute atomic E-state index is 12.6. The summed E-state index contributed by atoms with van der Waals surface area (Å²) in [6.07, 6.45) is 2.22. The van der Waals surface area contributed by atoms with Gasteiger partial charge in [0.05, 0.1) is 5.01 Å². The third-order valence-corrected chi connectivity index (χ3v) is 4.30. The topological polar surface area (TPSA) is 33.2 Å². The molecule has 0 spiro atoms. The molecule has 0 bridgehead atoms. The molecule has 0 radical (unpaired) electrons. The molecule has 1 heterocycles. The highest BCUT2D eigenvalue weighted by atomic mass is 32.1. The highest BCUT2D eigenvalue weighted by molar-refractivity contribution is 7.09. The quantitative estimate of drug-likeness (QED) is 0.861. The van der Waals surface area contributed by atoms with E-state index in [-0.39, 0.29) is 5.91 Å². The highest BCUT2D eigenvalue weighted by Gasteiger charge is 2.33. The summed E-state index contributed by atoms with van der Waals surface area (Å²) in [7, 11) is 0. The normalized spacial score (nSPS) is 14.3. The van der Waals surface area contributed by atoms with Crippen LogP contribution < -0.4 is 0 Å². The molecule has 0 aliphatic heterocycles. The van der Waals surface area contributed by atoms with Crippen molar-refractivity contribution >= 4 is 17.2 Å². The molecule has 0 unspecified atom stereocenters. The Labute approximate surface area is 123 Å². The summed E-state index contributed by atoms with van der Waals surface area (Å²) in [5.41, 5.74) is 3.01. The van der Waals surface area contributed by atoms with Gasteiger partial charge in [0.1, 0.15) is 5.69 Å². The Balaban J connectivity index is 1.81. The van der Waals surface area contributed by atoms with E-state index in [0.717, 1.165) is 17.8 Å². The molecule has 3 nitrogen and oxygen atoms in total. The molecule has 104 valence electrons. The highest BCUT2D eigenvalue weighted by Crippen LogP contribution is 2.30. The van der Waals surface area contributed by atoms with Crippen LogP contribution in [0.2, 0.25) is 0 Å². The minimum Gasteiger partial charge on any atom is -0.330 e. The number of aryl methyl sites for hydroxylation is 2. The smallest absolute Gasteiger partial charge is 0.273 e. The monoisotopic (exact) mass is 286 g/mol. The summed E-state index contributed by atoms with van der Waals surface area (Å²) in [6.45, 7) is 4.70. The Morgan fingerprint density at radius 1 is 1.40 bits per heavy atom. The Morgan fingerprint density at radius 2 is 2.20 bits per heavy atom. The molecular weight excluding hydrogens is 268 g/mol. The molecule has 1 amide bonds. The molecule has 1 saturated carbocycles. The summed E-state index contributed by atoms with van der Waals surface area (Å²) < 4.78 is 0. The van der Waals surface area contributed by atoms with E-state index < -0.39 is 0 Å². The number of benzene rings is 1. The fourth-order valence-electron chi connectivity index (χ4n) is 2.37. The fourth-order valence-corrected chi connectivity index (χ4v) is 2.96. The molecule has 1 fully saturated rings. The lowest BCUT2D eigenvalue weighted by Gasteiger charge is -2.21. The van der Waals surface area contributed by atoms with Gasteiger partial charge in [-0.25, -0.2) is 4.98 Å². The zero-order valence-electron chi connectivity index (χ0n) is 11.8. The molecule has 1 aromatic carbocycles. The maximum Gasteiger partial charge on any atom is 0.273 e. The predicted molar refractivity (Wildman–Crippen MR) is 80.9 cm³/mol. The molecule has 4 heteroatoms. The van der Waals surface area contributed by atoms with Crippen molar-refractivity contribution < 1.29 is 4.79 Å². The first-order valence-electron chi connectivity index (χ1n) is 6.92.